The number of benzene rings is 2. The first-order valence-corrected chi connectivity index (χ1v) is 7.27. The van der Waals surface area contributed by atoms with Crippen molar-refractivity contribution in [1.82, 2.24) is 0 Å². The standard InChI is InChI=1S/C16H13BrF2O/c1-9-4-15(19)13(6-14(9)18)16(17)10-2-3-11-7-20-8-12(11)5-10/h2-6,16H,7-8H2,1H3. The van der Waals surface area contributed by atoms with Crippen LogP contribution in [-0.2, 0) is 18.0 Å². The molecule has 1 atom stereocenters. The molecule has 1 nitrogen and oxygen atoms in total. The molecule has 0 aliphatic carbocycles. The van der Waals surface area contributed by atoms with E-state index in [1.807, 2.05) is 18.2 Å². The molecule has 0 radical (unpaired) electrons. The van der Waals surface area contributed by atoms with Gasteiger partial charge in [0.15, 0.2) is 0 Å². The molecule has 3 rings (SSSR count). The van der Waals surface area contributed by atoms with Gasteiger partial charge >= 0.3 is 0 Å². The number of fused-ring (bicyclic) bond motifs is 1. The number of halogens is 3. The molecule has 2 aromatic rings. The minimum Gasteiger partial charge on any atom is -0.372 e. The van der Waals surface area contributed by atoms with Crippen molar-refractivity contribution in [2.75, 3.05) is 0 Å². The van der Waals surface area contributed by atoms with Crippen molar-refractivity contribution in [1.29, 1.82) is 0 Å². The highest BCUT2D eigenvalue weighted by molar-refractivity contribution is 9.09. The molecule has 1 aliphatic heterocycles. The predicted molar refractivity (Wildman–Crippen MR) is 76.8 cm³/mol. The van der Waals surface area contributed by atoms with Crippen molar-refractivity contribution < 1.29 is 13.5 Å². The predicted octanol–water partition coefficient (Wildman–Crippen LogP) is 4.79. The number of alkyl halides is 1. The van der Waals surface area contributed by atoms with Crippen LogP contribution in [0.15, 0.2) is 30.3 Å². The van der Waals surface area contributed by atoms with Gasteiger partial charge in [0, 0.05) is 5.56 Å². The minimum atomic E-state index is -0.400. The Kier molecular flexibility index (Phi) is 3.61. The van der Waals surface area contributed by atoms with Gasteiger partial charge in [-0.3, -0.25) is 0 Å². The van der Waals surface area contributed by atoms with Crippen LogP contribution >= 0.6 is 15.9 Å². The van der Waals surface area contributed by atoms with Crippen LogP contribution < -0.4 is 0 Å². The molecule has 0 N–H and O–H groups in total. The lowest BCUT2D eigenvalue weighted by Gasteiger charge is -2.14. The Hall–Kier alpha value is -1.26. The van der Waals surface area contributed by atoms with Crippen LogP contribution in [-0.4, -0.2) is 0 Å². The molecule has 0 spiro atoms. The summed E-state index contributed by atoms with van der Waals surface area (Å²) >= 11 is 3.46. The van der Waals surface area contributed by atoms with Gasteiger partial charge in [-0.2, -0.15) is 0 Å². The molecule has 0 saturated heterocycles. The molecule has 0 aromatic heterocycles. The van der Waals surface area contributed by atoms with E-state index in [0.29, 0.717) is 24.3 Å². The van der Waals surface area contributed by atoms with Crippen LogP contribution in [0.1, 0.15) is 32.6 Å². The maximum absolute atomic E-state index is 14.0. The zero-order valence-corrected chi connectivity index (χ0v) is 12.5. The van der Waals surface area contributed by atoms with Gasteiger partial charge in [-0.1, -0.05) is 34.1 Å². The lowest BCUT2D eigenvalue weighted by molar-refractivity contribution is 0.134. The highest BCUT2D eigenvalue weighted by Gasteiger charge is 2.19. The summed E-state index contributed by atoms with van der Waals surface area (Å²) in [6.45, 7) is 2.75. The highest BCUT2D eigenvalue weighted by atomic mass is 79.9. The van der Waals surface area contributed by atoms with E-state index >= 15 is 0 Å². The normalized spacial score (nSPS) is 15.2. The van der Waals surface area contributed by atoms with E-state index in [2.05, 4.69) is 15.9 Å². The Morgan fingerprint density at radius 3 is 2.60 bits per heavy atom. The largest absolute Gasteiger partial charge is 0.372 e. The molecule has 1 unspecified atom stereocenters. The van der Waals surface area contributed by atoms with Crippen LogP contribution in [0, 0.1) is 18.6 Å². The Balaban J connectivity index is 2.00. The van der Waals surface area contributed by atoms with Gasteiger partial charge < -0.3 is 4.74 Å². The second-order valence-electron chi connectivity index (χ2n) is 5.01. The molecule has 20 heavy (non-hydrogen) atoms. The van der Waals surface area contributed by atoms with Crippen molar-refractivity contribution in [3.8, 4) is 0 Å². The summed E-state index contributed by atoms with van der Waals surface area (Å²) in [6.07, 6.45) is 0. The van der Waals surface area contributed by atoms with Gasteiger partial charge in [0.25, 0.3) is 0 Å². The molecule has 2 aromatic carbocycles. The second kappa shape index (κ2) is 5.26. The molecule has 1 heterocycles. The minimum absolute atomic E-state index is 0.312. The number of rotatable bonds is 2. The van der Waals surface area contributed by atoms with Crippen LogP contribution in [0.5, 0.6) is 0 Å². The van der Waals surface area contributed by atoms with Gasteiger partial charge in [0.05, 0.1) is 18.0 Å². The zero-order chi connectivity index (χ0) is 14.3. The number of ether oxygens (including phenoxy) is 1. The molecule has 0 bridgehead atoms. The fourth-order valence-electron chi connectivity index (χ4n) is 2.39. The van der Waals surface area contributed by atoms with E-state index in [9.17, 15) is 8.78 Å². The molecule has 1 aliphatic rings. The maximum Gasteiger partial charge on any atom is 0.128 e. The van der Waals surface area contributed by atoms with E-state index < -0.39 is 11.6 Å². The lowest BCUT2D eigenvalue weighted by Crippen LogP contribution is -2.00. The highest BCUT2D eigenvalue weighted by Crippen LogP contribution is 2.35. The topological polar surface area (TPSA) is 9.23 Å². The van der Waals surface area contributed by atoms with Gasteiger partial charge in [-0.15, -0.1) is 0 Å². The Morgan fingerprint density at radius 1 is 1.05 bits per heavy atom. The smallest absolute Gasteiger partial charge is 0.128 e. The third-order valence-corrected chi connectivity index (χ3v) is 4.61. The summed E-state index contributed by atoms with van der Waals surface area (Å²) in [5.74, 6) is -0.794. The van der Waals surface area contributed by atoms with Crippen molar-refractivity contribution >= 4 is 15.9 Å². The molecule has 0 fully saturated rings. The van der Waals surface area contributed by atoms with Crippen LogP contribution in [0.4, 0.5) is 8.78 Å². The number of hydrogen-bond acceptors (Lipinski definition) is 1. The molecule has 0 amide bonds. The summed E-state index contributed by atoms with van der Waals surface area (Å²) in [5.41, 5.74) is 3.79. The van der Waals surface area contributed by atoms with Crippen LogP contribution in [0.25, 0.3) is 0 Å². The average molecular weight is 339 g/mol. The monoisotopic (exact) mass is 338 g/mol. The number of hydrogen-bond donors (Lipinski definition) is 0. The van der Waals surface area contributed by atoms with Crippen molar-refractivity contribution in [3.63, 3.8) is 0 Å². The van der Waals surface area contributed by atoms with Gasteiger partial charge in [-0.25, -0.2) is 8.78 Å². The first-order valence-electron chi connectivity index (χ1n) is 6.35. The third kappa shape index (κ3) is 2.38. The van der Waals surface area contributed by atoms with E-state index in [4.69, 9.17) is 4.74 Å². The molecule has 4 heteroatoms. The van der Waals surface area contributed by atoms with Gasteiger partial charge in [-0.05, 0) is 41.3 Å². The quantitative estimate of drug-likeness (QED) is 0.715. The third-order valence-electron chi connectivity index (χ3n) is 3.59. The van der Waals surface area contributed by atoms with Crippen molar-refractivity contribution in [2.45, 2.75) is 25.0 Å². The fourth-order valence-corrected chi connectivity index (χ4v) is 3.02. The summed E-state index contributed by atoms with van der Waals surface area (Å²) in [6, 6.07) is 8.38. The number of aryl methyl sites for hydroxylation is 1. The lowest BCUT2D eigenvalue weighted by atomic mass is 9.99. The summed E-state index contributed by atoms with van der Waals surface area (Å²) in [4.78, 5) is -0.372. The first kappa shape index (κ1) is 13.7. The maximum atomic E-state index is 14.0. The van der Waals surface area contributed by atoms with Crippen LogP contribution in [0.3, 0.4) is 0 Å². The van der Waals surface area contributed by atoms with Crippen LogP contribution in [0.2, 0.25) is 0 Å². The summed E-state index contributed by atoms with van der Waals surface area (Å²) in [7, 11) is 0. The Bertz CT molecular complexity index is 670. The van der Waals surface area contributed by atoms with E-state index in [1.165, 1.54) is 12.1 Å². The van der Waals surface area contributed by atoms with Crippen molar-refractivity contribution in [2.24, 2.45) is 0 Å². The fraction of sp³-hybridized carbons (Fsp3) is 0.250. The first-order chi connectivity index (χ1) is 9.56. The molecule has 104 valence electrons. The van der Waals surface area contributed by atoms with Gasteiger partial charge in [0.1, 0.15) is 11.6 Å². The van der Waals surface area contributed by atoms with Gasteiger partial charge in [0.2, 0.25) is 0 Å². The molecule has 0 saturated carbocycles. The van der Waals surface area contributed by atoms with E-state index in [0.717, 1.165) is 16.7 Å². The Labute approximate surface area is 124 Å². The second-order valence-corrected chi connectivity index (χ2v) is 5.92. The average Bonchev–Trinajstić information content (AvgIpc) is 2.89. The summed E-state index contributed by atoms with van der Waals surface area (Å²) in [5, 5.41) is 0. The Morgan fingerprint density at radius 2 is 1.80 bits per heavy atom. The summed E-state index contributed by atoms with van der Waals surface area (Å²) < 4.78 is 33.0. The zero-order valence-electron chi connectivity index (χ0n) is 10.9. The molecular weight excluding hydrogens is 326 g/mol. The van der Waals surface area contributed by atoms with Crippen molar-refractivity contribution in [3.05, 3.63) is 69.8 Å². The van der Waals surface area contributed by atoms with E-state index in [1.54, 1.807) is 6.92 Å². The molecular formula is C16H13BrF2O. The van der Waals surface area contributed by atoms with E-state index in [-0.39, 0.29) is 4.83 Å². The SMILES string of the molecule is Cc1cc(F)c(C(Br)c2ccc3c(c2)COC3)cc1F.